The van der Waals surface area contributed by atoms with Gasteiger partial charge in [0, 0.05) is 10.9 Å². The minimum atomic E-state index is -0.436. The first-order valence-electron chi connectivity index (χ1n) is 9.27. The molecule has 0 aliphatic heterocycles. The van der Waals surface area contributed by atoms with E-state index < -0.39 is 6.03 Å². The van der Waals surface area contributed by atoms with Crippen LogP contribution in [0.15, 0.2) is 6.07 Å². The van der Waals surface area contributed by atoms with Crippen LogP contribution in [0.3, 0.4) is 0 Å². The van der Waals surface area contributed by atoms with Gasteiger partial charge in [0.05, 0.1) is 0 Å². The molecule has 1 saturated carbocycles. The monoisotopic (exact) mass is 347 g/mol. The number of nitrogens with one attached hydrogen (secondary N) is 1. The van der Waals surface area contributed by atoms with Gasteiger partial charge in [0.25, 0.3) is 0 Å². The molecule has 3 aliphatic carbocycles. The Kier molecular flexibility index (Phi) is 6.06. The summed E-state index contributed by atoms with van der Waals surface area (Å²) >= 11 is 1.55. The van der Waals surface area contributed by atoms with Gasteiger partial charge in [-0.2, -0.15) is 0 Å². The van der Waals surface area contributed by atoms with E-state index in [-0.39, 0.29) is 0 Å². The number of carbonyl (C=O) groups is 1. The number of anilines is 1. The van der Waals surface area contributed by atoms with Gasteiger partial charge in [0.1, 0.15) is 0 Å². The van der Waals surface area contributed by atoms with E-state index in [0.717, 1.165) is 36.6 Å². The standard InChI is InChI=1S/C13H16N2O.C6H13NS/c14-13(16)15-12-10-5-1-3-8(10)7-9-4-2-6-11(9)12;7-8-6-4-2-1-3-5-6/h7H,1-6H2,(H3,14,15,16);6H,1-5,7H2. The summed E-state index contributed by atoms with van der Waals surface area (Å²) in [6.45, 7) is 0. The Hall–Kier alpha value is -1.20. The molecule has 0 atom stereocenters. The zero-order valence-electron chi connectivity index (χ0n) is 14.4. The topological polar surface area (TPSA) is 81.1 Å². The Labute approximate surface area is 149 Å². The molecule has 132 valence electrons. The third-order valence-corrected chi connectivity index (χ3v) is 6.32. The molecule has 5 N–H and O–H groups in total. The predicted molar refractivity (Wildman–Crippen MR) is 102 cm³/mol. The van der Waals surface area contributed by atoms with Gasteiger partial charge >= 0.3 is 6.03 Å². The molecule has 0 unspecified atom stereocenters. The third-order valence-electron chi connectivity index (χ3n) is 5.47. The van der Waals surface area contributed by atoms with E-state index in [1.165, 1.54) is 67.2 Å². The molecule has 0 heterocycles. The number of hydrogen-bond donors (Lipinski definition) is 3. The summed E-state index contributed by atoms with van der Waals surface area (Å²) < 4.78 is 0. The van der Waals surface area contributed by atoms with Crippen molar-refractivity contribution < 1.29 is 4.79 Å². The van der Waals surface area contributed by atoms with E-state index in [1.54, 1.807) is 11.9 Å². The fourth-order valence-corrected chi connectivity index (χ4v) is 4.90. The summed E-state index contributed by atoms with van der Waals surface area (Å²) in [4.78, 5) is 11.1. The minimum Gasteiger partial charge on any atom is -0.351 e. The van der Waals surface area contributed by atoms with Gasteiger partial charge in [-0.05, 0) is 73.6 Å². The van der Waals surface area contributed by atoms with Crippen molar-refractivity contribution in [2.75, 3.05) is 5.32 Å². The molecular formula is C19H29N3OS. The largest absolute Gasteiger partial charge is 0.351 e. The highest BCUT2D eigenvalue weighted by Crippen LogP contribution is 2.38. The lowest BCUT2D eigenvalue weighted by Gasteiger charge is -2.17. The molecule has 0 aromatic heterocycles. The number of aryl methyl sites for hydroxylation is 2. The molecule has 3 aliphatic rings. The number of amides is 2. The van der Waals surface area contributed by atoms with Gasteiger partial charge < -0.3 is 11.1 Å². The zero-order valence-corrected chi connectivity index (χ0v) is 15.2. The second-order valence-corrected chi connectivity index (χ2v) is 8.06. The highest BCUT2D eigenvalue weighted by atomic mass is 32.2. The molecule has 0 spiro atoms. The summed E-state index contributed by atoms with van der Waals surface area (Å²) in [6.07, 6.45) is 13.8. The maximum atomic E-state index is 11.1. The van der Waals surface area contributed by atoms with Crippen LogP contribution in [-0.2, 0) is 25.7 Å². The molecule has 1 fully saturated rings. The van der Waals surface area contributed by atoms with Crippen LogP contribution in [-0.4, -0.2) is 11.3 Å². The maximum absolute atomic E-state index is 11.1. The Balaban J connectivity index is 0.000000179. The van der Waals surface area contributed by atoms with Gasteiger partial charge in [-0.3, -0.25) is 5.14 Å². The van der Waals surface area contributed by atoms with E-state index in [9.17, 15) is 4.79 Å². The lowest BCUT2D eigenvalue weighted by molar-refractivity contribution is 0.259. The van der Waals surface area contributed by atoms with Crippen LogP contribution in [0.1, 0.15) is 67.2 Å². The number of primary amides is 1. The van der Waals surface area contributed by atoms with Gasteiger partial charge in [0.15, 0.2) is 0 Å². The van der Waals surface area contributed by atoms with Crippen LogP contribution in [0.4, 0.5) is 10.5 Å². The molecule has 0 saturated heterocycles. The number of benzene rings is 1. The highest BCUT2D eigenvalue weighted by Gasteiger charge is 2.24. The van der Waals surface area contributed by atoms with Crippen LogP contribution >= 0.6 is 11.9 Å². The van der Waals surface area contributed by atoms with E-state index in [1.807, 2.05) is 0 Å². The quantitative estimate of drug-likeness (QED) is 0.705. The Bertz CT molecular complexity index is 565. The SMILES string of the molecule is NC(=O)Nc1c2c(cc3c1CCC3)CCC2.NSC1CCCCC1. The highest BCUT2D eigenvalue weighted by molar-refractivity contribution is 7.97. The molecule has 5 heteroatoms. The third kappa shape index (κ3) is 4.06. The van der Waals surface area contributed by atoms with Crippen LogP contribution < -0.4 is 16.2 Å². The maximum Gasteiger partial charge on any atom is 0.316 e. The number of nitrogens with two attached hydrogens (primary N) is 2. The van der Waals surface area contributed by atoms with Gasteiger partial charge in [-0.1, -0.05) is 37.3 Å². The first-order chi connectivity index (χ1) is 11.7. The van der Waals surface area contributed by atoms with Crippen molar-refractivity contribution in [1.82, 2.24) is 0 Å². The van der Waals surface area contributed by atoms with Gasteiger partial charge in [-0.15, -0.1) is 0 Å². The Morgan fingerprint density at radius 3 is 2.00 bits per heavy atom. The van der Waals surface area contributed by atoms with E-state index in [0.29, 0.717) is 0 Å². The fourth-order valence-electron chi connectivity index (χ4n) is 4.29. The summed E-state index contributed by atoms with van der Waals surface area (Å²) in [7, 11) is 0. The van der Waals surface area contributed by atoms with Crippen LogP contribution in [0, 0.1) is 0 Å². The van der Waals surface area contributed by atoms with E-state index in [4.69, 9.17) is 10.9 Å². The summed E-state index contributed by atoms with van der Waals surface area (Å²) in [6, 6.07) is 1.91. The van der Waals surface area contributed by atoms with Crippen molar-refractivity contribution in [1.29, 1.82) is 0 Å². The summed E-state index contributed by atoms with van der Waals surface area (Å²) in [5, 5.41) is 9.05. The van der Waals surface area contributed by atoms with Crippen molar-refractivity contribution in [3.8, 4) is 0 Å². The molecule has 4 rings (SSSR count). The van der Waals surface area contributed by atoms with Crippen LogP contribution in [0.5, 0.6) is 0 Å². The molecule has 2 amide bonds. The normalized spacial score (nSPS) is 19.2. The van der Waals surface area contributed by atoms with Gasteiger partial charge in [-0.25, -0.2) is 4.79 Å². The lowest BCUT2D eigenvalue weighted by Crippen LogP contribution is -2.21. The van der Waals surface area contributed by atoms with Crippen molar-refractivity contribution >= 4 is 23.7 Å². The molecular weight excluding hydrogens is 318 g/mol. The van der Waals surface area contributed by atoms with E-state index >= 15 is 0 Å². The summed E-state index contributed by atoms with van der Waals surface area (Å²) in [5.41, 5.74) is 11.8. The Morgan fingerprint density at radius 2 is 1.54 bits per heavy atom. The zero-order chi connectivity index (χ0) is 16.9. The molecule has 1 aromatic carbocycles. The van der Waals surface area contributed by atoms with Crippen molar-refractivity contribution in [3.05, 3.63) is 28.3 Å². The Morgan fingerprint density at radius 1 is 0.958 bits per heavy atom. The fraction of sp³-hybridized carbons (Fsp3) is 0.632. The van der Waals surface area contributed by atoms with Crippen molar-refractivity contribution in [3.63, 3.8) is 0 Å². The minimum absolute atomic E-state index is 0.436. The number of fused-ring (bicyclic) bond motifs is 2. The molecule has 0 bridgehead atoms. The molecule has 0 radical (unpaired) electrons. The second kappa shape index (κ2) is 8.26. The number of rotatable bonds is 2. The second-order valence-electron chi connectivity index (χ2n) is 7.12. The van der Waals surface area contributed by atoms with Crippen molar-refractivity contribution in [2.24, 2.45) is 10.9 Å². The number of urea groups is 1. The number of carbonyl (C=O) groups excluding carboxylic acids is 1. The van der Waals surface area contributed by atoms with Crippen molar-refractivity contribution in [2.45, 2.75) is 75.9 Å². The van der Waals surface area contributed by atoms with Crippen LogP contribution in [0.2, 0.25) is 0 Å². The van der Waals surface area contributed by atoms with Gasteiger partial charge in [0.2, 0.25) is 0 Å². The first-order valence-corrected chi connectivity index (χ1v) is 10.2. The number of hydrogen-bond acceptors (Lipinski definition) is 3. The average Bonchev–Trinajstić information content (AvgIpc) is 3.24. The average molecular weight is 348 g/mol. The van der Waals surface area contributed by atoms with Crippen LogP contribution in [0.25, 0.3) is 0 Å². The molecule has 1 aromatic rings. The summed E-state index contributed by atoms with van der Waals surface area (Å²) in [5.74, 6) is 0. The smallest absolute Gasteiger partial charge is 0.316 e. The first kappa shape index (κ1) is 17.6. The molecule has 4 nitrogen and oxygen atoms in total. The van der Waals surface area contributed by atoms with E-state index in [2.05, 4.69) is 11.4 Å². The molecule has 24 heavy (non-hydrogen) atoms. The predicted octanol–water partition coefficient (Wildman–Crippen LogP) is 4.08. The lowest BCUT2D eigenvalue weighted by atomic mass is 9.99.